The van der Waals surface area contributed by atoms with Gasteiger partial charge in [0.05, 0.1) is 5.52 Å². The van der Waals surface area contributed by atoms with Gasteiger partial charge in [-0.3, -0.25) is 0 Å². The Labute approximate surface area is 135 Å². The van der Waals surface area contributed by atoms with Crippen molar-refractivity contribution in [2.75, 3.05) is 5.32 Å². The molecule has 0 bridgehead atoms. The van der Waals surface area contributed by atoms with Gasteiger partial charge in [-0.25, -0.2) is 9.97 Å². The van der Waals surface area contributed by atoms with Gasteiger partial charge >= 0.3 is 0 Å². The molecule has 1 heterocycles. The number of nitrogens with zero attached hydrogens (tertiary/aromatic N) is 2. The Kier molecular flexibility index (Phi) is 4.91. The molecule has 4 heteroatoms. The standard InChI is InChI=1S/C17H17N3.BrH/c1-12(2)18-17-14-10-6-7-11-15(14)19-16(20-17)13-8-4-3-5-9-13;/h3-12H,1-2H3,(H,18,19,20);1H. The Morgan fingerprint density at radius 1 is 0.857 bits per heavy atom. The fourth-order valence-electron chi connectivity index (χ4n) is 2.18. The first-order chi connectivity index (χ1) is 9.74. The van der Waals surface area contributed by atoms with Crippen LogP contribution in [0.5, 0.6) is 0 Å². The highest BCUT2D eigenvalue weighted by atomic mass is 79.9. The molecule has 0 saturated carbocycles. The molecule has 0 atom stereocenters. The lowest BCUT2D eigenvalue weighted by Gasteiger charge is -2.13. The predicted octanol–water partition coefficient (Wildman–Crippen LogP) is 4.70. The van der Waals surface area contributed by atoms with Gasteiger partial charge in [0.15, 0.2) is 5.82 Å². The molecule has 21 heavy (non-hydrogen) atoms. The van der Waals surface area contributed by atoms with Gasteiger partial charge in [-0.1, -0.05) is 42.5 Å². The molecule has 3 nitrogen and oxygen atoms in total. The van der Waals surface area contributed by atoms with Gasteiger partial charge in [-0.05, 0) is 26.0 Å². The maximum absolute atomic E-state index is 4.69. The van der Waals surface area contributed by atoms with Crippen molar-refractivity contribution in [2.24, 2.45) is 0 Å². The summed E-state index contributed by atoms with van der Waals surface area (Å²) in [5, 5.41) is 4.46. The molecular formula is C17H18BrN3. The number of halogens is 1. The number of rotatable bonds is 3. The summed E-state index contributed by atoms with van der Waals surface area (Å²) in [5.74, 6) is 1.65. The third-order valence-electron chi connectivity index (χ3n) is 3.06. The van der Waals surface area contributed by atoms with Crippen molar-refractivity contribution in [1.29, 1.82) is 0 Å². The molecule has 0 fully saturated rings. The zero-order valence-electron chi connectivity index (χ0n) is 12.1. The molecule has 2 aromatic carbocycles. The summed E-state index contributed by atoms with van der Waals surface area (Å²) in [4.78, 5) is 9.35. The molecular weight excluding hydrogens is 326 g/mol. The normalized spacial score (nSPS) is 10.4. The molecule has 0 unspecified atom stereocenters. The van der Waals surface area contributed by atoms with Gasteiger partial charge in [0, 0.05) is 17.0 Å². The summed E-state index contributed by atoms with van der Waals surface area (Å²) >= 11 is 0. The average molecular weight is 344 g/mol. The van der Waals surface area contributed by atoms with Gasteiger partial charge in [-0.2, -0.15) is 0 Å². The minimum Gasteiger partial charge on any atom is -0.367 e. The number of hydrogen-bond donors (Lipinski definition) is 1. The van der Waals surface area contributed by atoms with Crippen LogP contribution in [0.2, 0.25) is 0 Å². The maximum atomic E-state index is 4.69. The van der Waals surface area contributed by atoms with Crippen LogP contribution in [0, 0.1) is 0 Å². The van der Waals surface area contributed by atoms with Crippen LogP contribution >= 0.6 is 17.0 Å². The lowest BCUT2D eigenvalue weighted by molar-refractivity contribution is 0.891. The van der Waals surface area contributed by atoms with Crippen molar-refractivity contribution < 1.29 is 0 Å². The van der Waals surface area contributed by atoms with Crippen LogP contribution in [0.4, 0.5) is 5.82 Å². The zero-order chi connectivity index (χ0) is 13.9. The number of nitrogens with one attached hydrogen (secondary N) is 1. The molecule has 3 aromatic rings. The Balaban J connectivity index is 0.00000161. The van der Waals surface area contributed by atoms with E-state index in [9.17, 15) is 0 Å². The molecule has 108 valence electrons. The van der Waals surface area contributed by atoms with E-state index in [4.69, 9.17) is 0 Å². The van der Waals surface area contributed by atoms with E-state index < -0.39 is 0 Å². The van der Waals surface area contributed by atoms with Crippen molar-refractivity contribution in [1.82, 2.24) is 9.97 Å². The summed E-state index contributed by atoms with van der Waals surface area (Å²) in [7, 11) is 0. The largest absolute Gasteiger partial charge is 0.367 e. The van der Waals surface area contributed by atoms with Crippen LogP contribution in [-0.2, 0) is 0 Å². The smallest absolute Gasteiger partial charge is 0.162 e. The van der Waals surface area contributed by atoms with E-state index in [0.29, 0.717) is 6.04 Å². The van der Waals surface area contributed by atoms with Crippen molar-refractivity contribution in [2.45, 2.75) is 19.9 Å². The Morgan fingerprint density at radius 2 is 1.52 bits per heavy atom. The molecule has 0 saturated heterocycles. The summed E-state index contributed by atoms with van der Waals surface area (Å²) in [6.45, 7) is 4.22. The molecule has 0 radical (unpaired) electrons. The van der Waals surface area contributed by atoms with E-state index in [0.717, 1.165) is 28.1 Å². The number of aromatic nitrogens is 2. The second-order valence-corrected chi connectivity index (χ2v) is 5.08. The minimum absolute atomic E-state index is 0. The molecule has 1 aromatic heterocycles. The van der Waals surface area contributed by atoms with E-state index in [-0.39, 0.29) is 17.0 Å². The average Bonchev–Trinajstić information content (AvgIpc) is 2.47. The monoisotopic (exact) mass is 343 g/mol. The van der Waals surface area contributed by atoms with Crippen molar-refractivity contribution in [3.05, 3.63) is 54.6 Å². The van der Waals surface area contributed by atoms with Crippen LogP contribution in [0.25, 0.3) is 22.3 Å². The van der Waals surface area contributed by atoms with Crippen LogP contribution < -0.4 is 5.32 Å². The van der Waals surface area contributed by atoms with Crippen LogP contribution in [-0.4, -0.2) is 16.0 Å². The number of benzene rings is 2. The number of fused-ring (bicyclic) bond motifs is 1. The first-order valence-electron chi connectivity index (χ1n) is 6.83. The lowest BCUT2D eigenvalue weighted by atomic mass is 10.2. The van der Waals surface area contributed by atoms with E-state index in [2.05, 4.69) is 35.2 Å². The first kappa shape index (κ1) is 15.4. The van der Waals surface area contributed by atoms with Gasteiger partial charge in [0.2, 0.25) is 0 Å². The summed E-state index contributed by atoms with van der Waals surface area (Å²) in [6, 6.07) is 18.5. The van der Waals surface area contributed by atoms with Gasteiger partial charge in [0.25, 0.3) is 0 Å². The van der Waals surface area contributed by atoms with E-state index in [1.54, 1.807) is 0 Å². The van der Waals surface area contributed by atoms with Crippen LogP contribution in [0.3, 0.4) is 0 Å². The fourth-order valence-corrected chi connectivity index (χ4v) is 2.18. The quantitative estimate of drug-likeness (QED) is 0.749. The number of hydrogen-bond acceptors (Lipinski definition) is 3. The summed E-state index contributed by atoms with van der Waals surface area (Å²) in [5.41, 5.74) is 1.99. The second kappa shape index (κ2) is 6.68. The second-order valence-electron chi connectivity index (χ2n) is 5.08. The van der Waals surface area contributed by atoms with E-state index in [1.807, 2.05) is 48.5 Å². The van der Waals surface area contributed by atoms with E-state index in [1.165, 1.54) is 0 Å². The third-order valence-corrected chi connectivity index (χ3v) is 3.06. The fraction of sp³-hybridized carbons (Fsp3) is 0.176. The van der Waals surface area contributed by atoms with Gasteiger partial charge in [-0.15, -0.1) is 17.0 Å². The molecule has 0 aliphatic carbocycles. The SMILES string of the molecule is Br.CC(C)Nc1nc(-c2ccccc2)nc2ccccc12. The molecule has 0 aliphatic rings. The number of anilines is 1. The third kappa shape index (κ3) is 3.39. The molecule has 1 N–H and O–H groups in total. The zero-order valence-corrected chi connectivity index (χ0v) is 13.8. The highest BCUT2D eigenvalue weighted by Crippen LogP contribution is 2.25. The van der Waals surface area contributed by atoms with Crippen LogP contribution in [0.1, 0.15) is 13.8 Å². The molecule has 3 rings (SSSR count). The molecule has 0 aliphatic heterocycles. The summed E-state index contributed by atoms with van der Waals surface area (Å²) < 4.78 is 0. The Bertz CT molecular complexity index is 726. The van der Waals surface area contributed by atoms with Gasteiger partial charge < -0.3 is 5.32 Å². The topological polar surface area (TPSA) is 37.8 Å². The minimum atomic E-state index is 0. The van der Waals surface area contributed by atoms with Crippen molar-refractivity contribution in [3.63, 3.8) is 0 Å². The highest BCUT2D eigenvalue weighted by molar-refractivity contribution is 8.93. The van der Waals surface area contributed by atoms with Crippen molar-refractivity contribution in [3.8, 4) is 11.4 Å². The van der Waals surface area contributed by atoms with E-state index >= 15 is 0 Å². The van der Waals surface area contributed by atoms with Crippen molar-refractivity contribution >= 4 is 33.7 Å². The molecule has 0 amide bonds. The molecule has 0 spiro atoms. The Hall–Kier alpha value is -1.94. The first-order valence-corrected chi connectivity index (χ1v) is 6.83. The predicted molar refractivity (Wildman–Crippen MR) is 94.1 cm³/mol. The maximum Gasteiger partial charge on any atom is 0.162 e. The lowest BCUT2D eigenvalue weighted by Crippen LogP contribution is -2.12. The van der Waals surface area contributed by atoms with Gasteiger partial charge in [0.1, 0.15) is 5.82 Å². The highest BCUT2D eigenvalue weighted by Gasteiger charge is 2.09. The number of para-hydroxylation sites is 1. The van der Waals surface area contributed by atoms with Crippen LogP contribution in [0.15, 0.2) is 54.6 Å². The summed E-state index contributed by atoms with van der Waals surface area (Å²) in [6.07, 6.45) is 0. The Morgan fingerprint density at radius 3 is 2.24 bits per heavy atom.